The van der Waals surface area contributed by atoms with Crippen LogP contribution in [-0.2, 0) is 10.5 Å². The van der Waals surface area contributed by atoms with Crippen LogP contribution in [0.3, 0.4) is 0 Å². The number of aryl methyl sites for hydroxylation is 1. The molecule has 1 aliphatic rings. The van der Waals surface area contributed by atoms with Gasteiger partial charge in [-0.1, -0.05) is 30.0 Å². The number of ether oxygens (including phenoxy) is 1. The predicted octanol–water partition coefficient (Wildman–Crippen LogP) is 3.35. The highest BCUT2D eigenvalue weighted by atomic mass is 32.2. The Balaban J connectivity index is 1.43. The van der Waals surface area contributed by atoms with E-state index in [9.17, 15) is 0 Å². The lowest BCUT2D eigenvalue weighted by molar-refractivity contribution is 0.122. The van der Waals surface area contributed by atoms with Gasteiger partial charge in [-0.15, -0.1) is 20.4 Å². The van der Waals surface area contributed by atoms with E-state index < -0.39 is 0 Å². The van der Waals surface area contributed by atoms with Crippen molar-refractivity contribution < 1.29 is 13.6 Å². The number of thioether (sulfide) groups is 1. The largest absolute Gasteiger partial charge is 0.459 e. The zero-order valence-corrected chi connectivity index (χ0v) is 17.2. The van der Waals surface area contributed by atoms with Gasteiger partial charge in [-0.3, -0.25) is 4.57 Å². The molecule has 0 spiro atoms. The van der Waals surface area contributed by atoms with Crippen molar-refractivity contribution in [2.75, 3.05) is 31.2 Å². The Hall–Kier alpha value is -3.11. The highest BCUT2D eigenvalue weighted by Crippen LogP contribution is 2.31. The molecule has 4 aromatic rings. The molecule has 5 rings (SSSR count). The summed E-state index contributed by atoms with van der Waals surface area (Å²) in [5, 5.41) is 17.9. The summed E-state index contributed by atoms with van der Waals surface area (Å²) in [5.41, 5.74) is 2.19. The molecule has 0 radical (unpaired) electrons. The number of nitrogens with zero attached hydrogens (tertiary/aromatic N) is 6. The zero-order valence-electron chi connectivity index (χ0n) is 16.4. The first-order chi connectivity index (χ1) is 14.8. The summed E-state index contributed by atoms with van der Waals surface area (Å²) >= 11 is 1.50. The van der Waals surface area contributed by atoms with E-state index in [1.54, 1.807) is 18.4 Å². The molecule has 1 aliphatic heterocycles. The van der Waals surface area contributed by atoms with E-state index in [4.69, 9.17) is 13.6 Å². The molecule has 1 aromatic carbocycles. The highest BCUT2D eigenvalue weighted by Gasteiger charge is 2.23. The van der Waals surface area contributed by atoms with Crippen molar-refractivity contribution in [2.45, 2.75) is 17.8 Å². The number of aromatic nitrogens is 5. The second kappa shape index (κ2) is 8.33. The van der Waals surface area contributed by atoms with Crippen molar-refractivity contribution in [1.82, 2.24) is 25.0 Å². The summed E-state index contributed by atoms with van der Waals surface area (Å²) in [6.07, 6.45) is 1.58. The van der Waals surface area contributed by atoms with Crippen molar-refractivity contribution in [3.05, 3.63) is 54.1 Å². The van der Waals surface area contributed by atoms with Crippen molar-refractivity contribution in [3.8, 4) is 17.3 Å². The van der Waals surface area contributed by atoms with E-state index >= 15 is 0 Å². The quantitative estimate of drug-likeness (QED) is 0.432. The number of para-hydroxylation sites is 1. The fourth-order valence-electron chi connectivity index (χ4n) is 3.29. The van der Waals surface area contributed by atoms with Crippen molar-refractivity contribution >= 4 is 17.7 Å². The number of benzene rings is 1. The third-order valence-corrected chi connectivity index (χ3v) is 5.70. The van der Waals surface area contributed by atoms with Crippen molar-refractivity contribution in [2.24, 2.45) is 0 Å². The van der Waals surface area contributed by atoms with Gasteiger partial charge in [-0.2, -0.15) is 0 Å². The van der Waals surface area contributed by atoms with Crippen LogP contribution in [0.5, 0.6) is 0 Å². The Morgan fingerprint density at radius 3 is 2.67 bits per heavy atom. The van der Waals surface area contributed by atoms with Gasteiger partial charge in [0.05, 0.1) is 30.9 Å². The Bertz CT molecular complexity index is 1120. The first-order valence-electron chi connectivity index (χ1n) is 9.63. The second-order valence-electron chi connectivity index (χ2n) is 6.77. The average molecular weight is 424 g/mol. The molecule has 0 atom stereocenters. The predicted molar refractivity (Wildman–Crippen MR) is 111 cm³/mol. The molecule has 0 bridgehead atoms. The number of rotatable bonds is 6. The highest BCUT2D eigenvalue weighted by molar-refractivity contribution is 7.98. The molecule has 30 heavy (non-hydrogen) atoms. The normalized spacial score (nSPS) is 14.4. The van der Waals surface area contributed by atoms with Gasteiger partial charge in [-0.25, -0.2) is 0 Å². The summed E-state index contributed by atoms with van der Waals surface area (Å²) < 4.78 is 18.6. The molecular weight excluding hydrogens is 404 g/mol. The maximum absolute atomic E-state index is 5.72. The van der Waals surface area contributed by atoms with Crippen LogP contribution in [-0.4, -0.2) is 51.3 Å². The zero-order chi connectivity index (χ0) is 20.3. The summed E-state index contributed by atoms with van der Waals surface area (Å²) in [7, 11) is 0. The van der Waals surface area contributed by atoms with E-state index in [2.05, 4.69) is 48.9 Å². The molecule has 0 unspecified atom stereocenters. The summed E-state index contributed by atoms with van der Waals surface area (Å²) in [4.78, 5) is 2.20. The maximum Gasteiger partial charge on any atom is 0.283 e. The molecule has 3 aromatic heterocycles. The van der Waals surface area contributed by atoms with Gasteiger partial charge in [0.1, 0.15) is 0 Å². The van der Waals surface area contributed by atoms with Gasteiger partial charge in [0, 0.05) is 13.1 Å². The number of morpholine rings is 1. The van der Waals surface area contributed by atoms with Crippen LogP contribution in [0.25, 0.3) is 17.3 Å². The van der Waals surface area contributed by atoms with E-state index in [0.29, 0.717) is 36.5 Å². The Morgan fingerprint density at radius 1 is 1.00 bits per heavy atom. The van der Waals surface area contributed by atoms with E-state index in [1.807, 2.05) is 12.1 Å². The Kier molecular flexibility index (Phi) is 5.24. The first-order valence-corrected chi connectivity index (χ1v) is 10.6. The van der Waals surface area contributed by atoms with Gasteiger partial charge >= 0.3 is 0 Å². The molecule has 154 valence electrons. The monoisotopic (exact) mass is 424 g/mol. The minimum absolute atomic E-state index is 0.366. The molecule has 1 fully saturated rings. The van der Waals surface area contributed by atoms with Crippen LogP contribution in [0.2, 0.25) is 0 Å². The lowest BCUT2D eigenvalue weighted by Gasteiger charge is -2.28. The molecular formula is C20H20N6O3S. The minimum atomic E-state index is 0.366. The van der Waals surface area contributed by atoms with Gasteiger partial charge in [0.25, 0.3) is 5.89 Å². The van der Waals surface area contributed by atoms with E-state index in [-0.39, 0.29) is 0 Å². The fourth-order valence-corrected chi connectivity index (χ4v) is 4.06. The molecule has 1 saturated heterocycles. The molecule has 10 heteroatoms. The van der Waals surface area contributed by atoms with Gasteiger partial charge < -0.3 is 18.5 Å². The van der Waals surface area contributed by atoms with Crippen LogP contribution >= 0.6 is 11.8 Å². The molecule has 4 heterocycles. The second-order valence-corrected chi connectivity index (χ2v) is 7.71. The van der Waals surface area contributed by atoms with Gasteiger partial charge in [0.2, 0.25) is 11.8 Å². The molecule has 9 nitrogen and oxygen atoms in total. The number of hydrogen-bond donors (Lipinski definition) is 0. The molecule has 0 amide bonds. The lowest BCUT2D eigenvalue weighted by atomic mass is 10.2. The van der Waals surface area contributed by atoms with Crippen LogP contribution in [0, 0.1) is 6.92 Å². The summed E-state index contributed by atoms with van der Waals surface area (Å²) in [6, 6.07) is 11.8. The smallest absolute Gasteiger partial charge is 0.283 e. The topological polar surface area (TPSA) is 95.2 Å². The van der Waals surface area contributed by atoms with Gasteiger partial charge in [-0.05, 0) is 30.7 Å². The third kappa shape index (κ3) is 3.71. The number of anilines is 1. The summed E-state index contributed by atoms with van der Waals surface area (Å²) in [6.45, 7) is 5.01. The van der Waals surface area contributed by atoms with Crippen molar-refractivity contribution in [3.63, 3.8) is 0 Å². The third-order valence-electron chi connectivity index (χ3n) is 4.79. The first kappa shape index (κ1) is 18.9. The Morgan fingerprint density at radius 2 is 1.87 bits per heavy atom. The maximum atomic E-state index is 5.72. The lowest BCUT2D eigenvalue weighted by Crippen LogP contribution is -2.38. The van der Waals surface area contributed by atoms with E-state index in [1.165, 1.54) is 11.8 Å². The average Bonchev–Trinajstić information content (AvgIpc) is 3.53. The number of hydrogen-bond acceptors (Lipinski definition) is 9. The van der Waals surface area contributed by atoms with Crippen LogP contribution in [0.4, 0.5) is 5.95 Å². The Labute approximate surface area is 177 Å². The molecule has 0 N–H and O–H groups in total. The molecule has 0 aliphatic carbocycles. The van der Waals surface area contributed by atoms with Crippen LogP contribution < -0.4 is 4.90 Å². The number of furan rings is 1. The van der Waals surface area contributed by atoms with Gasteiger partial charge in [0.15, 0.2) is 10.9 Å². The van der Waals surface area contributed by atoms with Crippen molar-refractivity contribution in [1.29, 1.82) is 0 Å². The molecule has 0 saturated carbocycles. The van der Waals surface area contributed by atoms with E-state index in [0.717, 1.165) is 35.4 Å². The fraction of sp³-hybridized carbons (Fsp3) is 0.300. The summed E-state index contributed by atoms with van der Waals surface area (Å²) in [5.74, 6) is 2.71. The van der Waals surface area contributed by atoms with Crippen LogP contribution in [0.1, 0.15) is 11.5 Å². The van der Waals surface area contributed by atoms with Crippen LogP contribution in [0.15, 0.2) is 56.7 Å². The minimum Gasteiger partial charge on any atom is -0.459 e. The standard InChI is InChI=1S/C20H20N6O3S/c1-14-5-2-3-6-15(14)26-19(25-8-11-27-12-9-25)23-24-20(26)30-13-17-21-22-18(29-17)16-7-4-10-28-16/h2-7,10H,8-9,11-13H2,1H3. The SMILES string of the molecule is Cc1ccccc1-n1c(SCc2nnc(-c3ccco3)o2)nnc1N1CCOCC1.